The summed E-state index contributed by atoms with van der Waals surface area (Å²) in [5.41, 5.74) is 7.89. The Kier molecular flexibility index (Phi) is 4.06. The van der Waals surface area contributed by atoms with Crippen molar-refractivity contribution in [2.75, 3.05) is 0 Å². The smallest absolute Gasteiger partial charge is 0.0645 e. The van der Waals surface area contributed by atoms with Gasteiger partial charge in [-0.2, -0.15) is 0 Å². The Balaban J connectivity index is 3.07. The topological polar surface area (TPSA) is 38.0 Å². The van der Waals surface area contributed by atoms with Crippen molar-refractivity contribution in [2.45, 2.75) is 33.7 Å². The highest BCUT2D eigenvalue weighted by atomic mass is 15.2. The molecule has 0 aliphatic carbocycles. The van der Waals surface area contributed by atoms with E-state index in [1.165, 1.54) is 22.3 Å². The summed E-state index contributed by atoms with van der Waals surface area (Å²) in [6, 6.07) is 6.54. The SMILES string of the molecule is CC(C)=CC(NN)c1ccc(C)cc1C. The number of hydrogen-bond acceptors (Lipinski definition) is 2. The lowest BCUT2D eigenvalue weighted by Crippen LogP contribution is -2.27. The number of nitrogens with two attached hydrogens (primary N) is 1. The van der Waals surface area contributed by atoms with Crippen LogP contribution in [0.1, 0.15) is 36.6 Å². The zero-order chi connectivity index (χ0) is 11.4. The highest BCUT2D eigenvalue weighted by Crippen LogP contribution is 2.20. The molecule has 0 aliphatic rings. The van der Waals surface area contributed by atoms with Gasteiger partial charge in [0.1, 0.15) is 0 Å². The van der Waals surface area contributed by atoms with Crippen LogP contribution >= 0.6 is 0 Å². The average molecular weight is 204 g/mol. The van der Waals surface area contributed by atoms with Gasteiger partial charge in [0.15, 0.2) is 0 Å². The molecule has 0 amide bonds. The van der Waals surface area contributed by atoms with Gasteiger partial charge in [0.2, 0.25) is 0 Å². The van der Waals surface area contributed by atoms with Crippen LogP contribution < -0.4 is 11.3 Å². The van der Waals surface area contributed by atoms with Crippen molar-refractivity contribution in [1.82, 2.24) is 5.43 Å². The maximum atomic E-state index is 5.57. The molecule has 0 saturated heterocycles. The van der Waals surface area contributed by atoms with E-state index in [0.29, 0.717) is 0 Å². The first-order valence-electron chi connectivity index (χ1n) is 5.23. The fraction of sp³-hybridized carbons (Fsp3) is 0.385. The summed E-state index contributed by atoms with van der Waals surface area (Å²) in [6.45, 7) is 8.37. The number of hydrazine groups is 1. The first-order valence-corrected chi connectivity index (χ1v) is 5.23. The van der Waals surface area contributed by atoms with E-state index in [1.807, 2.05) is 0 Å². The van der Waals surface area contributed by atoms with Gasteiger partial charge in [-0.25, -0.2) is 5.43 Å². The third kappa shape index (κ3) is 3.18. The maximum Gasteiger partial charge on any atom is 0.0645 e. The Labute approximate surface area is 92.2 Å². The highest BCUT2D eigenvalue weighted by Gasteiger charge is 2.08. The normalized spacial score (nSPS) is 12.3. The van der Waals surface area contributed by atoms with Crippen LogP contribution in [-0.4, -0.2) is 0 Å². The summed E-state index contributed by atoms with van der Waals surface area (Å²) >= 11 is 0. The number of rotatable bonds is 3. The van der Waals surface area contributed by atoms with Gasteiger partial charge in [-0.1, -0.05) is 35.4 Å². The van der Waals surface area contributed by atoms with Gasteiger partial charge >= 0.3 is 0 Å². The van der Waals surface area contributed by atoms with Crippen LogP contribution in [0.2, 0.25) is 0 Å². The fourth-order valence-corrected chi connectivity index (χ4v) is 1.74. The van der Waals surface area contributed by atoms with Crippen molar-refractivity contribution in [3.05, 3.63) is 46.5 Å². The molecule has 15 heavy (non-hydrogen) atoms. The Morgan fingerprint density at radius 3 is 2.47 bits per heavy atom. The Morgan fingerprint density at radius 2 is 2.00 bits per heavy atom. The molecule has 82 valence electrons. The van der Waals surface area contributed by atoms with E-state index < -0.39 is 0 Å². The molecular weight excluding hydrogens is 184 g/mol. The average Bonchev–Trinajstić information content (AvgIpc) is 2.14. The second-order valence-electron chi connectivity index (χ2n) is 4.25. The summed E-state index contributed by atoms with van der Waals surface area (Å²) < 4.78 is 0. The fourth-order valence-electron chi connectivity index (χ4n) is 1.74. The zero-order valence-electron chi connectivity index (χ0n) is 9.96. The van der Waals surface area contributed by atoms with Crippen LogP contribution in [0.15, 0.2) is 29.8 Å². The molecule has 0 bridgehead atoms. The van der Waals surface area contributed by atoms with E-state index in [4.69, 9.17) is 5.84 Å². The summed E-state index contributed by atoms with van der Waals surface area (Å²) in [4.78, 5) is 0. The number of allylic oxidation sites excluding steroid dienone is 1. The monoisotopic (exact) mass is 204 g/mol. The third-order valence-electron chi connectivity index (χ3n) is 2.44. The molecule has 0 aliphatic heterocycles. The number of aryl methyl sites for hydroxylation is 2. The van der Waals surface area contributed by atoms with E-state index in [2.05, 4.69) is 57.4 Å². The zero-order valence-corrected chi connectivity index (χ0v) is 9.96. The van der Waals surface area contributed by atoms with Crippen molar-refractivity contribution >= 4 is 0 Å². The van der Waals surface area contributed by atoms with Crippen molar-refractivity contribution in [2.24, 2.45) is 5.84 Å². The molecule has 2 heteroatoms. The third-order valence-corrected chi connectivity index (χ3v) is 2.44. The van der Waals surface area contributed by atoms with Gasteiger partial charge in [-0.05, 0) is 38.8 Å². The second-order valence-corrected chi connectivity index (χ2v) is 4.25. The molecule has 0 heterocycles. The van der Waals surface area contributed by atoms with E-state index in [1.54, 1.807) is 0 Å². The predicted octanol–water partition coefficient (Wildman–Crippen LogP) is 2.77. The lowest BCUT2D eigenvalue weighted by Gasteiger charge is -2.16. The summed E-state index contributed by atoms with van der Waals surface area (Å²) in [6.07, 6.45) is 2.14. The molecule has 0 saturated carbocycles. The maximum absolute atomic E-state index is 5.57. The van der Waals surface area contributed by atoms with Crippen LogP contribution in [0, 0.1) is 13.8 Å². The first kappa shape index (κ1) is 12.0. The lowest BCUT2D eigenvalue weighted by molar-refractivity contribution is 0.648. The molecule has 0 radical (unpaired) electrons. The molecule has 0 spiro atoms. The molecule has 1 unspecified atom stereocenters. The van der Waals surface area contributed by atoms with Crippen LogP contribution in [0.4, 0.5) is 0 Å². The number of hydrogen-bond donors (Lipinski definition) is 2. The Hall–Kier alpha value is -1.12. The van der Waals surface area contributed by atoms with Gasteiger partial charge in [0, 0.05) is 0 Å². The summed E-state index contributed by atoms with van der Waals surface area (Å²) in [5, 5.41) is 0. The van der Waals surface area contributed by atoms with Gasteiger partial charge in [0.25, 0.3) is 0 Å². The lowest BCUT2D eigenvalue weighted by atomic mass is 9.98. The van der Waals surface area contributed by atoms with Gasteiger partial charge in [0.05, 0.1) is 6.04 Å². The highest BCUT2D eigenvalue weighted by molar-refractivity contribution is 5.35. The minimum atomic E-state index is 0.107. The van der Waals surface area contributed by atoms with E-state index in [0.717, 1.165) is 0 Å². The summed E-state index contributed by atoms with van der Waals surface area (Å²) in [5.74, 6) is 5.57. The van der Waals surface area contributed by atoms with Gasteiger partial charge < -0.3 is 0 Å². The molecule has 1 aromatic carbocycles. The van der Waals surface area contributed by atoms with Gasteiger partial charge in [-0.15, -0.1) is 0 Å². The molecular formula is C13H20N2. The predicted molar refractivity (Wildman–Crippen MR) is 65.4 cm³/mol. The summed E-state index contributed by atoms with van der Waals surface area (Å²) in [7, 11) is 0. The molecule has 1 rings (SSSR count). The minimum Gasteiger partial charge on any atom is -0.271 e. The van der Waals surface area contributed by atoms with Crippen molar-refractivity contribution in [3.8, 4) is 0 Å². The van der Waals surface area contributed by atoms with Crippen molar-refractivity contribution in [3.63, 3.8) is 0 Å². The molecule has 1 aromatic rings. The number of benzene rings is 1. The molecule has 0 aromatic heterocycles. The van der Waals surface area contributed by atoms with Crippen molar-refractivity contribution in [1.29, 1.82) is 0 Å². The minimum absolute atomic E-state index is 0.107. The number of nitrogens with one attached hydrogen (secondary N) is 1. The first-order chi connectivity index (χ1) is 7.04. The van der Waals surface area contributed by atoms with Crippen LogP contribution in [0.5, 0.6) is 0 Å². The Bertz CT molecular complexity index is 363. The second kappa shape index (κ2) is 5.10. The quantitative estimate of drug-likeness (QED) is 0.451. The van der Waals surface area contributed by atoms with Crippen LogP contribution in [-0.2, 0) is 0 Å². The van der Waals surface area contributed by atoms with E-state index in [-0.39, 0.29) is 6.04 Å². The van der Waals surface area contributed by atoms with Crippen LogP contribution in [0.3, 0.4) is 0 Å². The van der Waals surface area contributed by atoms with Crippen LogP contribution in [0.25, 0.3) is 0 Å². The molecule has 3 N–H and O–H groups in total. The van der Waals surface area contributed by atoms with E-state index >= 15 is 0 Å². The Morgan fingerprint density at radius 1 is 1.33 bits per heavy atom. The largest absolute Gasteiger partial charge is 0.271 e. The van der Waals surface area contributed by atoms with E-state index in [9.17, 15) is 0 Å². The standard InChI is InChI=1S/C13H20N2/c1-9(2)7-13(15-14)12-6-5-10(3)8-11(12)4/h5-8,13,15H,14H2,1-4H3. The van der Waals surface area contributed by atoms with Crippen molar-refractivity contribution < 1.29 is 0 Å². The molecule has 1 atom stereocenters. The molecule has 2 nitrogen and oxygen atoms in total. The van der Waals surface area contributed by atoms with Gasteiger partial charge in [-0.3, -0.25) is 5.84 Å². The molecule has 0 fully saturated rings.